The summed E-state index contributed by atoms with van der Waals surface area (Å²) in [4.78, 5) is 4.00. The van der Waals surface area contributed by atoms with Gasteiger partial charge in [0.2, 0.25) is 0 Å². The number of fused-ring (bicyclic) bond motifs is 1. The Hall–Kier alpha value is -1.38. The van der Waals surface area contributed by atoms with Crippen molar-refractivity contribution in [3.8, 4) is 0 Å². The lowest BCUT2D eigenvalue weighted by Gasteiger charge is -1.90. The Kier molecular flexibility index (Phi) is 1.78. The van der Waals surface area contributed by atoms with E-state index in [0.717, 1.165) is 29.4 Å². The van der Waals surface area contributed by atoms with Crippen molar-refractivity contribution >= 4 is 10.9 Å². The second-order valence-corrected chi connectivity index (χ2v) is 2.70. The first kappa shape index (κ1) is 7.28. The largest absolute Gasteiger partial charge is 0.276 e. The van der Waals surface area contributed by atoms with Gasteiger partial charge in [0.05, 0.1) is 17.4 Å². The standard InChI is InChI=1S/C9H10N3/c1-2-3-8-7-4-5-10-6-9(7)12-11-8/h4-6H,1-3H2,(H,11,12). The van der Waals surface area contributed by atoms with Gasteiger partial charge in [-0.3, -0.25) is 10.1 Å². The number of aromatic nitrogens is 3. The topological polar surface area (TPSA) is 41.6 Å². The van der Waals surface area contributed by atoms with Gasteiger partial charge in [-0.15, -0.1) is 0 Å². The summed E-state index contributed by atoms with van der Waals surface area (Å²) in [6, 6.07) is 1.98. The molecule has 0 atom stereocenters. The van der Waals surface area contributed by atoms with Gasteiger partial charge in [-0.05, 0) is 18.9 Å². The quantitative estimate of drug-likeness (QED) is 0.726. The predicted molar refractivity (Wildman–Crippen MR) is 47.6 cm³/mol. The van der Waals surface area contributed by atoms with Crippen LogP contribution in [0.4, 0.5) is 0 Å². The Labute approximate surface area is 70.8 Å². The van der Waals surface area contributed by atoms with Crippen molar-refractivity contribution in [2.24, 2.45) is 0 Å². The van der Waals surface area contributed by atoms with Crippen LogP contribution in [0.2, 0.25) is 0 Å². The van der Waals surface area contributed by atoms with Crippen LogP contribution in [0.15, 0.2) is 18.5 Å². The summed E-state index contributed by atoms with van der Waals surface area (Å²) >= 11 is 0. The Morgan fingerprint density at radius 1 is 1.50 bits per heavy atom. The highest BCUT2D eigenvalue weighted by atomic mass is 15.1. The Morgan fingerprint density at radius 3 is 3.25 bits per heavy atom. The summed E-state index contributed by atoms with van der Waals surface area (Å²) < 4.78 is 0. The van der Waals surface area contributed by atoms with Gasteiger partial charge in [-0.2, -0.15) is 5.10 Å². The SMILES string of the molecule is [CH2]CCc1n[nH]c2cnccc12. The van der Waals surface area contributed by atoms with Gasteiger partial charge in [0.1, 0.15) is 0 Å². The molecular weight excluding hydrogens is 150 g/mol. The average molecular weight is 160 g/mol. The van der Waals surface area contributed by atoms with Crippen molar-refractivity contribution in [2.45, 2.75) is 12.8 Å². The van der Waals surface area contributed by atoms with Crippen LogP contribution in [-0.4, -0.2) is 15.2 Å². The molecule has 0 saturated carbocycles. The highest BCUT2D eigenvalue weighted by Crippen LogP contribution is 2.14. The smallest absolute Gasteiger partial charge is 0.0836 e. The zero-order valence-electron chi connectivity index (χ0n) is 6.75. The van der Waals surface area contributed by atoms with E-state index in [1.165, 1.54) is 0 Å². The molecule has 1 N–H and O–H groups in total. The van der Waals surface area contributed by atoms with E-state index in [-0.39, 0.29) is 0 Å². The fraction of sp³-hybridized carbons (Fsp3) is 0.222. The first-order valence-corrected chi connectivity index (χ1v) is 3.98. The van der Waals surface area contributed by atoms with Gasteiger partial charge in [0.25, 0.3) is 0 Å². The van der Waals surface area contributed by atoms with Gasteiger partial charge in [0.15, 0.2) is 0 Å². The second kappa shape index (κ2) is 2.93. The summed E-state index contributed by atoms with van der Waals surface area (Å²) in [5.74, 6) is 0. The number of hydrogen-bond donors (Lipinski definition) is 1. The third-order valence-electron chi connectivity index (χ3n) is 1.86. The Morgan fingerprint density at radius 2 is 2.42 bits per heavy atom. The maximum absolute atomic E-state index is 4.18. The third-order valence-corrected chi connectivity index (χ3v) is 1.86. The lowest BCUT2D eigenvalue weighted by molar-refractivity contribution is 0.923. The minimum atomic E-state index is 0.877. The molecule has 3 nitrogen and oxygen atoms in total. The number of rotatable bonds is 2. The van der Waals surface area contributed by atoms with Gasteiger partial charge >= 0.3 is 0 Å². The summed E-state index contributed by atoms with van der Waals surface area (Å²) in [7, 11) is 0. The van der Waals surface area contributed by atoms with E-state index in [0.29, 0.717) is 0 Å². The molecule has 2 aromatic heterocycles. The van der Waals surface area contributed by atoms with Crippen LogP contribution in [0.25, 0.3) is 10.9 Å². The molecule has 12 heavy (non-hydrogen) atoms. The van der Waals surface area contributed by atoms with Crippen molar-refractivity contribution < 1.29 is 0 Å². The molecule has 0 aliphatic heterocycles. The number of aromatic amines is 1. The lowest BCUT2D eigenvalue weighted by Crippen LogP contribution is -1.83. The van der Waals surface area contributed by atoms with Gasteiger partial charge in [-0.1, -0.05) is 6.92 Å². The van der Waals surface area contributed by atoms with Crippen molar-refractivity contribution in [2.75, 3.05) is 0 Å². The first-order valence-electron chi connectivity index (χ1n) is 3.98. The minimum absolute atomic E-state index is 0.877. The number of aryl methyl sites for hydroxylation is 1. The molecule has 2 aromatic rings. The third kappa shape index (κ3) is 1.07. The molecule has 3 heteroatoms. The number of nitrogens with one attached hydrogen (secondary N) is 1. The molecule has 0 amide bonds. The summed E-state index contributed by atoms with van der Waals surface area (Å²) in [5.41, 5.74) is 2.09. The maximum Gasteiger partial charge on any atom is 0.0836 e. The molecule has 0 fully saturated rings. The van der Waals surface area contributed by atoms with Crippen LogP contribution >= 0.6 is 0 Å². The molecule has 0 bridgehead atoms. The monoisotopic (exact) mass is 160 g/mol. The number of pyridine rings is 1. The lowest BCUT2D eigenvalue weighted by atomic mass is 10.2. The number of H-pyrrole nitrogens is 1. The van der Waals surface area contributed by atoms with Crippen LogP contribution in [0, 0.1) is 6.92 Å². The fourth-order valence-electron chi connectivity index (χ4n) is 1.28. The summed E-state index contributed by atoms with van der Waals surface area (Å²) in [6.07, 6.45) is 5.37. The molecule has 61 valence electrons. The highest BCUT2D eigenvalue weighted by Gasteiger charge is 2.02. The van der Waals surface area contributed by atoms with Crippen LogP contribution in [0.1, 0.15) is 12.1 Å². The van der Waals surface area contributed by atoms with E-state index in [4.69, 9.17) is 0 Å². The van der Waals surface area contributed by atoms with Gasteiger partial charge in [0, 0.05) is 11.6 Å². The molecule has 0 spiro atoms. The fourth-order valence-corrected chi connectivity index (χ4v) is 1.28. The zero-order chi connectivity index (χ0) is 8.39. The van der Waals surface area contributed by atoms with Crippen LogP contribution < -0.4 is 0 Å². The van der Waals surface area contributed by atoms with E-state index in [1.54, 1.807) is 12.4 Å². The first-order chi connectivity index (χ1) is 5.92. The number of hydrogen-bond acceptors (Lipinski definition) is 2. The average Bonchev–Trinajstić information content (AvgIpc) is 2.50. The van der Waals surface area contributed by atoms with Gasteiger partial charge < -0.3 is 0 Å². The van der Waals surface area contributed by atoms with Crippen molar-refractivity contribution in [1.29, 1.82) is 0 Å². The van der Waals surface area contributed by atoms with Crippen LogP contribution in [-0.2, 0) is 6.42 Å². The van der Waals surface area contributed by atoms with E-state index in [2.05, 4.69) is 22.1 Å². The van der Waals surface area contributed by atoms with Gasteiger partial charge in [-0.25, -0.2) is 0 Å². The van der Waals surface area contributed by atoms with Crippen LogP contribution in [0.3, 0.4) is 0 Å². The molecule has 0 unspecified atom stereocenters. The predicted octanol–water partition coefficient (Wildman–Crippen LogP) is 1.72. The molecule has 0 aliphatic rings. The van der Waals surface area contributed by atoms with Crippen molar-refractivity contribution in [3.63, 3.8) is 0 Å². The van der Waals surface area contributed by atoms with E-state index < -0.39 is 0 Å². The maximum atomic E-state index is 4.18. The highest BCUT2D eigenvalue weighted by molar-refractivity contribution is 5.80. The molecule has 2 rings (SSSR count). The Bertz CT molecular complexity index is 378. The van der Waals surface area contributed by atoms with Crippen LogP contribution in [0.5, 0.6) is 0 Å². The zero-order valence-corrected chi connectivity index (χ0v) is 6.75. The normalized spacial score (nSPS) is 10.8. The molecule has 1 radical (unpaired) electrons. The summed E-state index contributed by atoms with van der Waals surface area (Å²) in [5, 5.41) is 8.27. The molecule has 0 saturated heterocycles. The molecule has 0 aromatic carbocycles. The van der Waals surface area contributed by atoms with E-state index in [9.17, 15) is 0 Å². The Balaban J connectivity index is 2.55. The second-order valence-electron chi connectivity index (χ2n) is 2.70. The van der Waals surface area contributed by atoms with Crippen molar-refractivity contribution in [1.82, 2.24) is 15.2 Å². The molecular formula is C9H10N3. The molecule has 2 heterocycles. The van der Waals surface area contributed by atoms with Crippen molar-refractivity contribution in [3.05, 3.63) is 31.1 Å². The van der Waals surface area contributed by atoms with E-state index in [1.807, 2.05) is 6.07 Å². The summed E-state index contributed by atoms with van der Waals surface area (Å²) in [6.45, 7) is 3.80. The number of nitrogens with zero attached hydrogens (tertiary/aromatic N) is 2. The van der Waals surface area contributed by atoms with E-state index >= 15 is 0 Å². The molecule has 0 aliphatic carbocycles. The minimum Gasteiger partial charge on any atom is -0.276 e.